The average molecular weight is 411 g/mol. The molecule has 0 aromatic rings. The van der Waals surface area contributed by atoms with Gasteiger partial charge in [0.05, 0.1) is 19.3 Å². The second-order valence-corrected chi connectivity index (χ2v) is 5.86. The fourth-order valence-electron chi connectivity index (χ4n) is 2.29. The summed E-state index contributed by atoms with van der Waals surface area (Å²) < 4.78 is 11.1. The van der Waals surface area contributed by atoms with E-state index in [2.05, 4.69) is 29.5 Å². The van der Waals surface area contributed by atoms with Crippen molar-refractivity contribution in [2.24, 2.45) is 10.9 Å². The van der Waals surface area contributed by atoms with Crippen molar-refractivity contribution in [2.75, 3.05) is 32.9 Å². The molecule has 2 aliphatic rings. The molecule has 1 saturated heterocycles. The van der Waals surface area contributed by atoms with Crippen LogP contribution < -0.4 is 10.6 Å². The number of hydrogen-bond donors (Lipinski definition) is 2. The van der Waals surface area contributed by atoms with Crippen LogP contribution in [0.5, 0.6) is 0 Å². The maximum absolute atomic E-state index is 5.83. The Labute approximate surface area is 145 Å². The van der Waals surface area contributed by atoms with Crippen LogP contribution in [-0.4, -0.2) is 51.0 Å². The van der Waals surface area contributed by atoms with Crippen LogP contribution in [0.4, 0.5) is 0 Å². The van der Waals surface area contributed by atoms with Gasteiger partial charge in [0.15, 0.2) is 5.96 Å². The minimum Gasteiger partial charge on any atom is -0.379 e. The van der Waals surface area contributed by atoms with Crippen molar-refractivity contribution in [1.29, 1.82) is 0 Å². The van der Waals surface area contributed by atoms with Crippen molar-refractivity contribution in [3.63, 3.8) is 0 Å². The van der Waals surface area contributed by atoms with Crippen molar-refractivity contribution in [3.05, 3.63) is 0 Å². The molecule has 1 aliphatic carbocycles. The van der Waals surface area contributed by atoms with Crippen molar-refractivity contribution in [2.45, 2.75) is 51.7 Å². The first-order valence-electron chi connectivity index (χ1n) is 8.02. The number of rotatable bonds is 8. The number of halogens is 1. The van der Waals surface area contributed by atoms with Crippen LogP contribution in [0, 0.1) is 5.92 Å². The molecular weight excluding hydrogens is 381 g/mol. The van der Waals surface area contributed by atoms with Crippen LogP contribution in [0.3, 0.4) is 0 Å². The van der Waals surface area contributed by atoms with Gasteiger partial charge in [0.25, 0.3) is 0 Å². The molecule has 2 fully saturated rings. The molecule has 0 bridgehead atoms. The van der Waals surface area contributed by atoms with E-state index >= 15 is 0 Å². The minimum atomic E-state index is 0. The monoisotopic (exact) mass is 411 g/mol. The Morgan fingerprint density at radius 3 is 2.81 bits per heavy atom. The second kappa shape index (κ2) is 10.6. The maximum Gasteiger partial charge on any atom is 0.191 e. The highest BCUT2D eigenvalue weighted by molar-refractivity contribution is 14.0. The lowest BCUT2D eigenvalue weighted by atomic mass is 10.3. The molecule has 1 aliphatic heterocycles. The van der Waals surface area contributed by atoms with Gasteiger partial charge in [0.2, 0.25) is 0 Å². The lowest BCUT2D eigenvalue weighted by molar-refractivity contribution is 0.0347. The summed E-state index contributed by atoms with van der Waals surface area (Å²) in [5, 5.41) is 6.70. The number of nitrogens with one attached hydrogen (secondary N) is 2. The summed E-state index contributed by atoms with van der Waals surface area (Å²) in [5.74, 6) is 1.84. The van der Waals surface area contributed by atoms with Crippen LogP contribution in [0.25, 0.3) is 0 Å². The van der Waals surface area contributed by atoms with Gasteiger partial charge >= 0.3 is 0 Å². The maximum atomic E-state index is 5.83. The lowest BCUT2D eigenvalue weighted by Gasteiger charge is -2.19. The van der Waals surface area contributed by atoms with Gasteiger partial charge in [-0.15, -0.1) is 24.0 Å². The summed E-state index contributed by atoms with van der Waals surface area (Å²) in [6.45, 7) is 8.29. The summed E-state index contributed by atoms with van der Waals surface area (Å²) in [4.78, 5) is 4.63. The standard InChI is InChI=1S/C15H29N3O2.HI/c1-3-16-15(17-8-6-13-4-5-13)18-12(2)10-20-14-7-9-19-11-14;/h12-14H,3-11H2,1-2H3,(H2,16,17,18);1H. The smallest absolute Gasteiger partial charge is 0.191 e. The highest BCUT2D eigenvalue weighted by Gasteiger charge is 2.20. The number of nitrogens with zero attached hydrogens (tertiary/aromatic N) is 1. The molecule has 6 heteroatoms. The molecule has 1 saturated carbocycles. The molecule has 2 N–H and O–H groups in total. The van der Waals surface area contributed by atoms with Gasteiger partial charge in [0, 0.05) is 25.7 Å². The predicted octanol–water partition coefficient (Wildman–Crippen LogP) is 2.15. The zero-order valence-corrected chi connectivity index (χ0v) is 15.6. The first-order chi connectivity index (χ1) is 9.78. The Balaban J connectivity index is 0.00000220. The van der Waals surface area contributed by atoms with E-state index in [1.807, 2.05) is 0 Å². The van der Waals surface area contributed by atoms with Crippen molar-refractivity contribution >= 4 is 29.9 Å². The molecule has 5 nitrogen and oxygen atoms in total. The lowest BCUT2D eigenvalue weighted by Crippen LogP contribution is -2.44. The van der Waals surface area contributed by atoms with E-state index in [1.54, 1.807) is 0 Å². The third-order valence-electron chi connectivity index (χ3n) is 3.70. The minimum absolute atomic E-state index is 0. The molecule has 124 valence electrons. The van der Waals surface area contributed by atoms with Crippen molar-refractivity contribution in [1.82, 2.24) is 10.6 Å². The Bertz CT molecular complexity index is 305. The molecule has 2 rings (SSSR count). The largest absolute Gasteiger partial charge is 0.379 e. The third kappa shape index (κ3) is 8.21. The molecule has 21 heavy (non-hydrogen) atoms. The van der Waals surface area contributed by atoms with Crippen LogP contribution in [0.15, 0.2) is 4.99 Å². The zero-order valence-electron chi connectivity index (χ0n) is 13.3. The Morgan fingerprint density at radius 2 is 2.19 bits per heavy atom. The molecule has 1 heterocycles. The summed E-state index contributed by atoms with van der Waals surface area (Å²) in [6.07, 6.45) is 5.30. The molecule has 0 amide bonds. The summed E-state index contributed by atoms with van der Waals surface area (Å²) in [6, 6.07) is 0.259. The highest BCUT2D eigenvalue weighted by atomic mass is 127. The predicted molar refractivity (Wildman–Crippen MR) is 96.5 cm³/mol. The van der Waals surface area contributed by atoms with E-state index in [-0.39, 0.29) is 36.1 Å². The van der Waals surface area contributed by atoms with Crippen LogP contribution in [0.2, 0.25) is 0 Å². The number of aliphatic imine (C=N–C) groups is 1. The Hall–Kier alpha value is -0.0800. The third-order valence-corrected chi connectivity index (χ3v) is 3.70. The van der Waals surface area contributed by atoms with Gasteiger partial charge in [-0.05, 0) is 32.6 Å². The Morgan fingerprint density at radius 1 is 1.38 bits per heavy atom. The average Bonchev–Trinajstić information content (AvgIpc) is 3.10. The van der Waals surface area contributed by atoms with E-state index < -0.39 is 0 Å². The van der Waals surface area contributed by atoms with E-state index in [9.17, 15) is 0 Å². The molecular formula is C15H30IN3O2. The molecule has 0 aromatic heterocycles. The molecule has 0 aromatic carbocycles. The number of guanidine groups is 1. The summed E-state index contributed by atoms with van der Waals surface area (Å²) in [5.41, 5.74) is 0. The molecule has 0 spiro atoms. The van der Waals surface area contributed by atoms with Gasteiger partial charge < -0.3 is 20.1 Å². The first-order valence-corrected chi connectivity index (χ1v) is 8.02. The van der Waals surface area contributed by atoms with E-state index in [0.717, 1.165) is 44.6 Å². The zero-order chi connectivity index (χ0) is 14.2. The SMILES string of the molecule is CCNC(=NCCC1CC1)NC(C)COC1CCOC1.I. The normalized spacial score (nSPS) is 23.5. The molecule has 2 atom stereocenters. The van der Waals surface area contributed by atoms with E-state index in [4.69, 9.17) is 9.47 Å². The second-order valence-electron chi connectivity index (χ2n) is 5.86. The van der Waals surface area contributed by atoms with Crippen LogP contribution >= 0.6 is 24.0 Å². The number of hydrogen-bond acceptors (Lipinski definition) is 3. The van der Waals surface area contributed by atoms with Gasteiger partial charge in [-0.3, -0.25) is 4.99 Å². The van der Waals surface area contributed by atoms with Gasteiger partial charge in [-0.25, -0.2) is 0 Å². The van der Waals surface area contributed by atoms with Crippen molar-refractivity contribution < 1.29 is 9.47 Å². The van der Waals surface area contributed by atoms with E-state index in [0.29, 0.717) is 6.61 Å². The summed E-state index contributed by atoms with van der Waals surface area (Å²) >= 11 is 0. The molecule has 0 radical (unpaired) electrons. The van der Waals surface area contributed by atoms with Crippen molar-refractivity contribution in [3.8, 4) is 0 Å². The highest BCUT2D eigenvalue weighted by Crippen LogP contribution is 2.32. The van der Waals surface area contributed by atoms with Gasteiger partial charge in [0.1, 0.15) is 0 Å². The first kappa shape index (κ1) is 19.0. The number of ether oxygens (including phenoxy) is 2. The van der Waals surface area contributed by atoms with Gasteiger partial charge in [-0.1, -0.05) is 12.8 Å². The topological polar surface area (TPSA) is 54.9 Å². The van der Waals surface area contributed by atoms with Crippen LogP contribution in [0.1, 0.15) is 39.5 Å². The fourth-order valence-corrected chi connectivity index (χ4v) is 2.29. The fraction of sp³-hybridized carbons (Fsp3) is 0.933. The van der Waals surface area contributed by atoms with E-state index in [1.165, 1.54) is 19.3 Å². The van der Waals surface area contributed by atoms with Crippen LogP contribution in [-0.2, 0) is 9.47 Å². The quantitative estimate of drug-likeness (QED) is 0.365. The van der Waals surface area contributed by atoms with Gasteiger partial charge in [-0.2, -0.15) is 0 Å². The summed E-state index contributed by atoms with van der Waals surface area (Å²) in [7, 11) is 0. The molecule has 2 unspecified atom stereocenters. The Kier molecular flexibility index (Phi) is 9.59.